The van der Waals surface area contributed by atoms with Crippen molar-refractivity contribution in [3.05, 3.63) is 12.2 Å². The number of nitrogens with two attached hydrogens (primary N) is 2. The molecule has 0 saturated carbocycles. The Morgan fingerprint density at radius 1 is 1.13 bits per heavy atom. The highest BCUT2D eigenvalue weighted by atomic mass is 16.2. The van der Waals surface area contributed by atoms with Crippen molar-refractivity contribution in [2.45, 2.75) is 57.7 Å². The van der Waals surface area contributed by atoms with Crippen LogP contribution in [0.2, 0.25) is 0 Å². The Hall–Kier alpha value is -2.38. The molecule has 23 heavy (non-hydrogen) atoms. The molecule has 0 bridgehead atoms. The van der Waals surface area contributed by atoms with Gasteiger partial charge in [0, 0.05) is 12.8 Å². The van der Waals surface area contributed by atoms with Gasteiger partial charge in [-0.1, -0.05) is 32.3 Å². The fourth-order valence-electron chi connectivity index (χ4n) is 2.69. The number of carbonyl (C=O) groups is 2. The molecule has 5 N–H and O–H groups in total. The fraction of sp³-hybridized carbons (Fsp3) is 0.600. The van der Waals surface area contributed by atoms with Crippen molar-refractivity contribution in [3.8, 4) is 0 Å². The lowest BCUT2D eigenvalue weighted by Gasteiger charge is -2.33. The highest BCUT2D eigenvalue weighted by molar-refractivity contribution is 6.05. The summed E-state index contributed by atoms with van der Waals surface area (Å²) in [7, 11) is 0. The molecule has 0 aromatic carbocycles. The van der Waals surface area contributed by atoms with Crippen molar-refractivity contribution in [1.82, 2.24) is 10.2 Å². The van der Waals surface area contributed by atoms with Crippen LogP contribution in [0.25, 0.3) is 0 Å². The molecule has 8 heteroatoms. The Bertz CT molecular complexity index is 532. The number of imide groups is 1. The van der Waals surface area contributed by atoms with Gasteiger partial charge < -0.3 is 11.5 Å². The minimum Gasteiger partial charge on any atom is -0.369 e. The maximum absolute atomic E-state index is 12.1. The second kappa shape index (κ2) is 7.26. The van der Waals surface area contributed by atoms with E-state index in [1.54, 1.807) is 6.08 Å². The molecule has 2 heterocycles. The zero-order valence-electron chi connectivity index (χ0n) is 13.4. The summed E-state index contributed by atoms with van der Waals surface area (Å²) in [4.78, 5) is 33.7. The highest BCUT2D eigenvalue weighted by Crippen LogP contribution is 2.29. The van der Waals surface area contributed by atoms with Crippen molar-refractivity contribution in [3.63, 3.8) is 0 Å². The molecule has 8 nitrogen and oxygen atoms in total. The number of rotatable bonds is 7. The molecular weight excluding hydrogens is 296 g/mol. The zero-order chi connectivity index (χ0) is 16.9. The summed E-state index contributed by atoms with van der Waals surface area (Å²) in [5, 5.41) is 2.58. The summed E-state index contributed by atoms with van der Waals surface area (Å²) in [5.41, 5.74) is 11.4. The summed E-state index contributed by atoms with van der Waals surface area (Å²) in [6.45, 7) is 2.15. The topological polar surface area (TPSA) is 126 Å². The van der Waals surface area contributed by atoms with E-state index in [1.165, 1.54) is 6.42 Å². The van der Waals surface area contributed by atoms with Gasteiger partial charge in [-0.3, -0.25) is 14.9 Å². The lowest BCUT2D eigenvalue weighted by molar-refractivity contribution is -0.143. The Balaban J connectivity index is 2.22. The van der Waals surface area contributed by atoms with Crippen molar-refractivity contribution >= 4 is 23.7 Å². The smallest absolute Gasteiger partial charge is 0.262 e. The van der Waals surface area contributed by atoms with E-state index in [0.717, 1.165) is 30.6 Å². The first-order valence-electron chi connectivity index (χ1n) is 8.00. The van der Waals surface area contributed by atoms with Gasteiger partial charge in [0.2, 0.25) is 11.8 Å². The van der Waals surface area contributed by atoms with E-state index in [-0.39, 0.29) is 36.6 Å². The minimum absolute atomic E-state index is 0.0284. The largest absolute Gasteiger partial charge is 0.369 e. The highest BCUT2D eigenvalue weighted by Gasteiger charge is 2.46. The predicted molar refractivity (Wildman–Crippen MR) is 88.1 cm³/mol. The number of nitrogens with one attached hydrogen (secondary N) is 1. The lowest BCUT2D eigenvalue weighted by Crippen LogP contribution is -2.56. The summed E-state index contributed by atoms with van der Waals surface area (Å²) in [6, 6.07) is 0. The van der Waals surface area contributed by atoms with E-state index in [0.29, 0.717) is 0 Å². The van der Waals surface area contributed by atoms with Gasteiger partial charge in [-0.05, 0) is 18.9 Å². The van der Waals surface area contributed by atoms with Gasteiger partial charge in [-0.25, -0.2) is 4.90 Å². The number of nitrogens with zero attached hydrogens (tertiary/aromatic N) is 3. The Morgan fingerprint density at radius 3 is 2.30 bits per heavy atom. The number of aliphatic imine (C=N–C) groups is 2. The third kappa shape index (κ3) is 3.88. The van der Waals surface area contributed by atoms with Crippen molar-refractivity contribution in [2.75, 3.05) is 0 Å². The monoisotopic (exact) mass is 320 g/mol. The lowest BCUT2D eigenvalue weighted by atomic mass is 10.1. The Labute approximate surface area is 135 Å². The molecule has 0 atom stereocenters. The summed E-state index contributed by atoms with van der Waals surface area (Å²) >= 11 is 0. The maximum atomic E-state index is 12.1. The standard InChI is InChI=1S/C15H24N6O2/c1-2-3-4-5-6-7-10-15(19-13(16)18-14(17)20-15)21-11(22)8-9-12(21)23/h7,10H,2-6,8-9H2,1H3,(H5,16,17,18,19,20). The van der Waals surface area contributed by atoms with E-state index >= 15 is 0 Å². The third-order valence-electron chi connectivity index (χ3n) is 3.77. The summed E-state index contributed by atoms with van der Waals surface area (Å²) in [5.74, 6) is -2.07. The van der Waals surface area contributed by atoms with E-state index in [2.05, 4.69) is 22.2 Å². The molecule has 1 saturated heterocycles. The summed E-state index contributed by atoms with van der Waals surface area (Å²) in [6.07, 6.45) is 9.16. The third-order valence-corrected chi connectivity index (χ3v) is 3.77. The van der Waals surface area contributed by atoms with Crippen LogP contribution in [0.3, 0.4) is 0 Å². The number of unbranched alkanes of at least 4 members (excludes halogenated alkanes) is 4. The van der Waals surface area contributed by atoms with E-state index < -0.39 is 5.79 Å². The van der Waals surface area contributed by atoms with Crippen LogP contribution in [0, 0.1) is 0 Å². The molecular formula is C15H24N6O2. The first-order valence-corrected chi connectivity index (χ1v) is 8.00. The average Bonchev–Trinajstić information content (AvgIpc) is 2.81. The Kier molecular flexibility index (Phi) is 5.36. The first kappa shape index (κ1) is 17.0. The molecule has 0 aromatic heterocycles. The second-order valence-corrected chi connectivity index (χ2v) is 5.68. The van der Waals surface area contributed by atoms with Crippen LogP contribution in [0.1, 0.15) is 51.9 Å². The number of hydrogen-bond donors (Lipinski definition) is 3. The molecule has 2 aliphatic rings. The van der Waals surface area contributed by atoms with Crippen molar-refractivity contribution < 1.29 is 9.59 Å². The molecule has 2 rings (SSSR count). The van der Waals surface area contributed by atoms with E-state index in [9.17, 15) is 9.59 Å². The van der Waals surface area contributed by atoms with Gasteiger partial charge >= 0.3 is 0 Å². The van der Waals surface area contributed by atoms with Gasteiger partial charge in [0.15, 0.2) is 11.9 Å². The maximum Gasteiger partial charge on any atom is 0.262 e. The zero-order valence-corrected chi connectivity index (χ0v) is 13.4. The molecule has 2 aliphatic heterocycles. The molecule has 0 spiro atoms. The van der Waals surface area contributed by atoms with Gasteiger partial charge in [-0.15, -0.1) is 0 Å². The quantitative estimate of drug-likeness (QED) is 0.359. The van der Waals surface area contributed by atoms with Gasteiger partial charge in [0.05, 0.1) is 0 Å². The normalized spacial score (nSPS) is 20.7. The molecule has 1 fully saturated rings. The molecule has 0 aliphatic carbocycles. The predicted octanol–water partition coefficient (Wildman–Crippen LogP) is 0.548. The molecule has 0 aromatic rings. The molecule has 126 valence electrons. The van der Waals surface area contributed by atoms with Crippen LogP contribution in [0.15, 0.2) is 22.1 Å². The molecule has 0 unspecified atom stereocenters. The van der Waals surface area contributed by atoms with Crippen LogP contribution >= 0.6 is 0 Å². The van der Waals surface area contributed by atoms with Crippen LogP contribution < -0.4 is 16.8 Å². The number of allylic oxidation sites excluding steroid dienone is 1. The Morgan fingerprint density at radius 2 is 1.74 bits per heavy atom. The number of likely N-dealkylation sites (tertiary alicyclic amines) is 1. The number of carbonyl (C=O) groups excluding carboxylic acids is 2. The van der Waals surface area contributed by atoms with Crippen molar-refractivity contribution in [2.24, 2.45) is 21.5 Å². The van der Waals surface area contributed by atoms with Crippen LogP contribution in [-0.2, 0) is 9.59 Å². The number of guanidine groups is 2. The van der Waals surface area contributed by atoms with Crippen LogP contribution in [-0.4, -0.2) is 34.4 Å². The first-order chi connectivity index (χ1) is 11.0. The van der Waals surface area contributed by atoms with Crippen molar-refractivity contribution in [1.29, 1.82) is 0 Å². The van der Waals surface area contributed by atoms with Gasteiger partial charge in [-0.2, -0.15) is 9.98 Å². The van der Waals surface area contributed by atoms with Gasteiger partial charge in [0.25, 0.3) is 5.79 Å². The van der Waals surface area contributed by atoms with E-state index in [4.69, 9.17) is 11.5 Å². The average molecular weight is 320 g/mol. The second-order valence-electron chi connectivity index (χ2n) is 5.68. The van der Waals surface area contributed by atoms with Gasteiger partial charge in [0.1, 0.15) is 0 Å². The number of amides is 2. The summed E-state index contributed by atoms with van der Waals surface area (Å²) < 4.78 is 0. The number of hydrogen-bond acceptors (Lipinski definition) is 7. The van der Waals surface area contributed by atoms with Crippen LogP contribution in [0.5, 0.6) is 0 Å². The van der Waals surface area contributed by atoms with E-state index in [1.807, 2.05) is 6.08 Å². The molecule has 2 amide bonds. The molecule has 0 radical (unpaired) electrons. The minimum atomic E-state index is -1.49. The fourth-order valence-corrected chi connectivity index (χ4v) is 2.69. The van der Waals surface area contributed by atoms with Crippen LogP contribution in [0.4, 0.5) is 0 Å². The SMILES string of the molecule is CCCCCCC=CC1(N2C(=O)CCC2=O)N=C(N)NC(N)=N1.